The molecule has 0 saturated heterocycles. The van der Waals surface area contributed by atoms with Crippen molar-refractivity contribution < 1.29 is 10.1 Å². The van der Waals surface area contributed by atoms with Gasteiger partial charge in [0.2, 0.25) is 5.78 Å². The minimum Gasteiger partial charge on any atom is -0.333 e. The number of nitrogens with two attached hydrogens (primary N) is 1. The van der Waals surface area contributed by atoms with E-state index in [9.17, 15) is 4.79 Å². The quantitative estimate of drug-likeness (QED) is 0.860. The molecule has 1 aliphatic rings. The molecule has 3 heteroatoms. The third-order valence-electron chi connectivity index (χ3n) is 4.70. The highest BCUT2D eigenvalue weighted by molar-refractivity contribution is 6.32. The number of quaternary nitrogens is 1. The lowest BCUT2D eigenvalue weighted by molar-refractivity contribution is -0.698. The molecule has 0 aromatic heterocycles. The Kier molecular flexibility index (Phi) is 4.65. The van der Waals surface area contributed by atoms with E-state index >= 15 is 0 Å². The zero-order valence-electron chi connectivity index (χ0n) is 13.3. The van der Waals surface area contributed by atoms with E-state index in [2.05, 4.69) is 0 Å². The summed E-state index contributed by atoms with van der Waals surface area (Å²) < 4.78 is 0. The van der Waals surface area contributed by atoms with Crippen LogP contribution >= 0.6 is 11.6 Å². The minimum absolute atomic E-state index is 0.184. The summed E-state index contributed by atoms with van der Waals surface area (Å²) in [7, 11) is 1.96. The van der Waals surface area contributed by atoms with Gasteiger partial charge in [-0.3, -0.25) is 4.79 Å². The smallest absolute Gasteiger partial charge is 0.223 e. The highest BCUT2D eigenvalue weighted by Crippen LogP contribution is 2.37. The number of likely N-dealkylation sites (N-methyl/N-ethyl adjacent to an activating group) is 1. The summed E-state index contributed by atoms with van der Waals surface area (Å²) in [5.41, 5.74) is 2.28. The third-order valence-corrected chi connectivity index (χ3v) is 5.03. The number of carbonyl (C=O) groups is 1. The standard InChI is InChI=1S/C20H20ClNO/c1-22-20(17-11-5-6-12-18(17)21)13-7-10-16(19(20)23)14-15-8-3-2-4-9-15/h2-6,8-9,11-12,14,22H,7,10,13H2,1H3/p+1/t20-/m0/s1. The van der Waals surface area contributed by atoms with Crippen LogP contribution in [0, 0.1) is 0 Å². The molecule has 0 amide bonds. The Bertz CT molecular complexity index is 738. The fraction of sp³-hybridized carbons (Fsp3) is 0.250. The lowest BCUT2D eigenvalue weighted by Crippen LogP contribution is -2.94. The zero-order chi connectivity index (χ0) is 16.3. The zero-order valence-corrected chi connectivity index (χ0v) is 14.0. The van der Waals surface area contributed by atoms with Crippen molar-refractivity contribution in [3.05, 3.63) is 76.3 Å². The van der Waals surface area contributed by atoms with E-state index in [0.717, 1.165) is 36.0 Å². The normalized spacial score (nSPS) is 23.2. The van der Waals surface area contributed by atoms with Gasteiger partial charge in [-0.25, -0.2) is 0 Å². The van der Waals surface area contributed by atoms with Crippen molar-refractivity contribution in [2.24, 2.45) is 0 Å². The van der Waals surface area contributed by atoms with Crippen LogP contribution in [0.1, 0.15) is 30.4 Å². The molecule has 0 bridgehead atoms. The second-order valence-corrected chi connectivity index (χ2v) is 6.41. The van der Waals surface area contributed by atoms with Crippen LogP contribution in [-0.4, -0.2) is 12.8 Å². The summed E-state index contributed by atoms with van der Waals surface area (Å²) in [4.78, 5) is 13.3. The monoisotopic (exact) mass is 326 g/mol. The maximum absolute atomic E-state index is 13.3. The Morgan fingerprint density at radius 2 is 1.78 bits per heavy atom. The highest BCUT2D eigenvalue weighted by Gasteiger charge is 2.47. The molecule has 0 spiro atoms. The Balaban J connectivity index is 2.04. The molecule has 2 nitrogen and oxygen atoms in total. The molecule has 0 heterocycles. The molecule has 0 unspecified atom stereocenters. The van der Waals surface area contributed by atoms with Gasteiger partial charge in [0.25, 0.3) is 0 Å². The van der Waals surface area contributed by atoms with Crippen molar-refractivity contribution in [2.75, 3.05) is 7.05 Å². The Labute approximate surface area is 142 Å². The van der Waals surface area contributed by atoms with E-state index in [1.165, 1.54) is 0 Å². The molecule has 23 heavy (non-hydrogen) atoms. The first kappa shape index (κ1) is 16.0. The molecule has 3 rings (SSSR count). The first-order chi connectivity index (χ1) is 11.2. The molecule has 1 fully saturated rings. The third kappa shape index (κ3) is 2.97. The first-order valence-corrected chi connectivity index (χ1v) is 8.41. The fourth-order valence-corrected chi connectivity index (χ4v) is 3.77. The van der Waals surface area contributed by atoms with Crippen molar-refractivity contribution >= 4 is 23.5 Å². The Hall–Kier alpha value is -1.90. The van der Waals surface area contributed by atoms with Crippen molar-refractivity contribution in [3.8, 4) is 0 Å². The molecule has 2 N–H and O–H groups in total. The van der Waals surface area contributed by atoms with Crippen LogP contribution in [0.2, 0.25) is 5.02 Å². The fourth-order valence-electron chi connectivity index (χ4n) is 3.47. The number of hydrogen-bond donors (Lipinski definition) is 1. The largest absolute Gasteiger partial charge is 0.333 e. The number of carbonyl (C=O) groups excluding carboxylic acids is 1. The molecule has 1 atom stereocenters. The van der Waals surface area contributed by atoms with Gasteiger partial charge in [-0.15, -0.1) is 0 Å². The van der Waals surface area contributed by atoms with Crippen molar-refractivity contribution in [1.82, 2.24) is 0 Å². The maximum Gasteiger partial charge on any atom is 0.223 e. The van der Waals surface area contributed by atoms with Crippen molar-refractivity contribution in [1.29, 1.82) is 0 Å². The van der Waals surface area contributed by atoms with Gasteiger partial charge < -0.3 is 5.32 Å². The van der Waals surface area contributed by atoms with Crippen LogP contribution in [0.25, 0.3) is 6.08 Å². The van der Waals surface area contributed by atoms with Crippen molar-refractivity contribution in [3.63, 3.8) is 0 Å². The Morgan fingerprint density at radius 1 is 1.09 bits per heavy atom. The van der Waals surface area contributed by atoms with Gasteiger partial charge in [0.05, 0.1) is 12.1 Å². The molecule has 0 radical (unpaired) electrons. The van der Waals surface area contributed by atoms with Gasteiger partial charge in [0.1, 0.15) is 0 Å². The van der Waals surface area contributed by atoms with Crippen LogP contribution in [0.3, 0.4) is 0 Å². The van der Waals surface area contributed by atoms with E-state index in [-0.39, 0.29) is 5.78 Å². The SMILES string of the molecule is C[NH2+][C@]1(c2ccccc2Cl)CCCC(=Cc2ccccc2)C1=O. The number of hydrogen-bond acceptors (Lipinski definition) is 1. The van der Waals surface area contributed by atoms with Gasteiger partial charge in [0.15, 0.2) is 5.54 Å². The second kappa shape index (κ2) is 6.69. The molecule has 1 aliphatic carbocycles. The summed E-state index contributed by atoms with van der Waals surface area (Å²) in [6.07, 6.45) is 4.66. The summed E-state index contributed by atoms with van der Waals surface area (Å²) in [6, 6.07) is 17.7. The number of ketones is 1. The molecule has 0 aliphatic heterocycles. The number of Topliss-reactive ketones (excluding diaryl/α,β-unsaturated/α-hetero) is 1. The van der Waals surface area contributed by atoms with E-state index < -0.39 is 5.54 Å². The summed E-state index contributed by atoms with van der Waals surface area (Å²) in [5, 5.41) is 2.69. The van der Waals surface area contributed by atoms with E-state index in [0.29, 0.717) is 5.02 Å². The van der Waals surface area contributed by atoms with E-state index in [4.69, 9.17) is 11.6 Å². The summed E-state index contributed by atoms with van der Waals surface area (Å²) in [5.74, 6) is 0.184. The van der Waals surface area contributed by atoms with Gasteiger partial charge in [-0.05, 0) is 30.5 Å². The van der Waals surface area contributed by atoms with Crippen LogP contribution in [0.4, 0.5) is 0 Å². The van der Waals surface area contributed by atoms with Gasteiger partial charge >= 0.3 is 0 Å². The highest BCUT2D eigenvalue weighted by atomic mass is 35.5. The average Bonchev–Trinajstić information content (AvgIpc) is 2.59. The van der Waals surface area contributed by atoms with Crippen LogP contribution < -0.4 is 5.32 Å². The first-order valence-electron chi connectivity index (χ1n) is 8.03. The Morgan fingerprint density at radius 3 is 2.48 bits per heavy atom. The van der Waals surface area contributed by atoms with Gasteiger partial charge in [0, 0.05) is 17.6 Å². The summed E-state index contributed by atoms with van der Waals surface area (Å²) in [6.45, 7) is 0. The molecule has 1 saturated carbocycles. The summed E-state index contributed by atoms with van der Waals surface area (Å²) >= 11 is 6.41. The maximum atomic E-state index is 13.3. The number of benzene rings is 2. The van der Waals surface area contributed by atoms with Crippen LogP contribution in [-0.2, 0) is 10.3 Å². The predicted octanol–water partition coefficient (Wildman–Crippen LogP) is 3.57. The van der Waals surface area contributed by atoms with Crippen LogP contribution in [0.15, 0.2) is 60.2 Å². The lowest BCUT2D eigenvalue weighted by atomic mass is 9.73. The second-order valence-electron chi connectivity index (χ2n) is 6.00. The number of rotatable bonds is 3. The lowest BCUT2D eigenvalue weighted by Gasteiger charge is -2.34. The molecule has 2 aromatic carbocycles. The minimum atomic E-state index is -0.600. The predicted molar refractivity (Wildman–Crippen MR) is 94.3 cm³/mol. The average molecular weight is 327 g/mol. The molecule has 2 aromatic rings. The molecule has 118 valence electrons. The molecular weight excluding hydrogens is 306 g/mol. The van der Waals surface area contributed by atoms with Crippen LogP contribution in [0.5, 0.6) is 0 Å². The van der Waals surface area contributed by atoms with Crippen molar-refractivity contribution in [2.45, 2.75) is 24.8 Å². The van der Waals surface area contributed by atoms with E-state index in [1.807, 2.05) is 73.0 Å². The van der Waals surface area contributed by atoms with E-state index in [1.54, 1.807) is 0 Å². The topological polar surface area (TPSA) is 33.7 Å². The molecular formula is C20H21ClNO+. The van der Waals surface area contributed by atoms with Gasteiger partial charge in [-0.2, -0.15) is 0 Å². The number of halogens is 1. The van der Waals surface area contributed by atoms with Gasteiger partial charge in [-0.1, -0.05) is 60.1 Å².